The van der Waals surface area contributed by atoms with Gasteiger partial charge in [0.1, 0.15) is 0 Å². The first-order chi connectivity index (χ1) is 10.0. The van der Waals surface area contributed by atoms with E-state index in [0.717, 1.165) is 5.56 Å². The third-order valence-electron chi connectivity index (χ3n) is 3.08. The SMILES string of the molecule is CC(C)c1c(C#Cc2ccccc2)[nH]c(C=O)c1C(=O)O. The number of carbonyl (C=O) groups excluding carboxylic acids is 1. The second-order valence-corrected chi connectivity index (χ2v) is 4.90. The van der Waals surface area contributed by atoms with Crippen LogP contribution in [0.2, 0.25) is 0 Å². The molecule has 0 radical (unpaired) electrons. The number of aromatic amines is 1. The molecule has 4 nitrogen and oxygen atoms in total. The molecule has 0 unspecified atom stereocenters. The molecule has 21 heavy (non-hydrogen) atoms. The number of carboxylic acids is 1. The molecule has 0 bridgehead atoms. The van der Waals surface area contributed by atoms with Gasteiger partial charge in [0.25, 0.3) is 0 Å². The van der Waals surface area contributed by atoms with Gasteiger partial charge in [-0.25, -0.2) is 4.79 Å². The van der Waals surface area contributed by atoms with Gasteiger partial charge in [-0.3, -0.25) is 4.79 Å². The number of aldehydes is 1. The smallest absolute Gasteiger partial charge is 0.338 e. The minimum Gasteiger partial charge on any atom is -0.478 e. The van der Waals surface area contributed by atoms with Gasteiger partial charge in [-0.2, -0.15) is 0 Å². The highest BCUT2D eigenvalue weighted by atomic mass is 16.4. The fourth-order valence-electron chi connectivity index (χ4n) is 2.19. The van der Waals surface area contributed by atoms with E-state index in [4.69, 9.17) is 0 Å². The standard InChI is InChI=1S/C17H15NO3/c1-11(2)15-13(9-8-12-6-4-3-5-7-12)18-14(10-19)16(15)17(20)21/h3-7,10-11,18H,1-2H3,(H,20,21). The summed E-state index contributed by atoms with van der Waals surface area (Å²) in [4.78, 5) is 25.2. The summed E-state index contributed by atoms with van der Waals surface area (Å²) in [5, 5.41) is 9.30. The zero-order valence-electron chi connectivity index (χ0n) is 11.8. The van der Waals surface area contributed by atoms with Crippen molar-refractivity contribution in [3.63, 3.8) is 0 Å². The zero-order chi connectivity index (χ0) is 15.4. The van der Waals surface area contributed by atoms with Crippen molar-refractivity contribution in [1.82, 2.24) is 4.98 Å². The second-order valence-electron chi connectivity index (χ2n) is 4.90. The van der Waals surface area contributed by atoms with Crippen LogP contribution in [0.5, 0.6) is 0 Å². The number of aromatic carboxylic acids is 1. The van der Waals surface area contributed by atoms with E-state index in [9.17, 15) is 14.7 Å². The van der Waals surface area contributed by atoms with Crippen molar-refractivity contribution in [2.24, 2.45) is 0 Å². The lowest BCUT2D eigenvalue weighted by Gasteiger charge is -2.05. The Hall–Kier alpha value is -2.80. The van der Waals surface area contributed by atoms with Gasteiger partial charge in [-0.15, -0.1) is 0 Å². The minimum atomic E-state index is -1.12. The monoisotopic (exact) mass is 281 g/mol. The molecule has 0 aliphatic carbocycles. The van der Waals surface area contributed by atoms with E-state index in [1.165, 1.54) is 0 Å². The van der Waals surface area contributed by atoms with E-state index in [1.54, 1.807) is 0 Å². The quantitative estimate of drug-likeness (QED) is 0.671. The highest BCUT2D eigenvalue weighted by Crippen LogP contribution is 2.26. The van der Waals surface area contributed by atoms with Crippen molar-refractivity contribution in [3.05, 3.63) is 58.4 Å². The fourth-order valence-corrected chi connectivity index (χ4v) is 2.19. The molecule has 1 aromatic heterocycles. The van der Waals surface area contributed by atoms with Crippen LogP contribution in [-0.2, 0) is 0 Å². The maximum Gasteiger partial charge on any atom is 0.338 e. The summed E-state index contributed by atoms with van der Waals surface area (Å²) < 4.78 is 0. The summed E-state index contributed by atoms with van der Waals surface area (Å²) in [5.41, 5.74) is 1.94. The van der Waals surface area contributed by atoms with Crippen molar-refractivity contribution in [2.75, 3.05) is 0 Å². The number of aromatic nitrogens is 1. The largest absolute Gasteiger partial charge is 0.478 e. The van der Waals surface area contributed by atoms with E-state index < -0.39 is 5.97 Å². The third-order valence-corrected chi connectivity index (χ3v) is 3.08. The molecular formula is C17H15NO3. The molecule has 2 aromatic rings. The number of rotatable bonds is 3. The van der Waals surface area contributed by atoms with E-state index in [2.05, 4.69) is 16.8 Å². The Morgan fingerprint density at radius 3 is 2.43 bits per heavy atom. The van der Waals surface area contributed by atoms with Crippen molar-refractivity contribution in [2.45, 2.75) is 19.8 Å². The Labute approximate surface area is 122 Å². The molecule has 0 fully saturated rings. The Balaban J connectivity index is 2.57. The van der Waals surface area contributed by atoms with E-state index >= 15 is 0 Å². The van der Waals surface area contributed by atoms with Crippen LogP contribution in [0.15, 0.2) is 30.3 Å². The molecular weight excluding hydrogens is 266 g/mol. The predicted molar refractivity (Wildman–Crippen MR) is 79.7 cm³/mol. The average Bonchev–Trinajstić information content (AvgIpc) is 2.85. The van der Waals surface area contributed by atoms with Gasteiger partial charge in [-0.05, 0) is 24.0 Å². The van der Waals surface area contributed by atoms with E-state index in [0.29, 0.717) is 17.5 Å². The van der Waals surface area contributed by atoms with Crippen molar-refractivity contribution in [1.29, 1.82) is 0 Å². The molecule has 4 heteroatoms. The molecule has 2 rings (SSSR count). The lowest BCUT2D eigenvalue weighted by Crippen LogP contribution is -2.04. The van der Waals surface area contributed by atoms with Gasteiger partial charge in [0.15, 0.2) is 6.29 Å². The normalized spacial score (nSPS) is 10.0. The highest BCUT2D eigenvalue weighted by Gasteiger charge is 2.23. The van der Waals surface area contributed by atoms with Crippen LogP contribution >= 0.6 is 0 Å². The van der Waals surface area contributed by atoms with Crippen molar-refractivity contribution in [3.8, 4) is 11.8 Å². The number of nitrogens with one attached hydrogen (secondary N) is 1. The van der Waals surface area contributed by atoms with E-state index in [1.807, 2.05) is 44.2 Å². The number of benzene rings is 1. The molecule has 0 saturated carbocycles. The van der Waals surface area contributed by atoms with Crippen molar-refractivity contribution < 1.29 is 14.7 Å². The number of carbonyl (C=O) groups is 2. The molecule has 1 heterocycles. The van der Waals surface area contributed by atoms with Crippen LogP contribution in [0.3, 0.4) is 0 Å². The van der Waals surface area contributed by atoms with Gasteiger partial charge in [-0.1, -0.05) is 38.0 Å². The second kappa shape index (κ2) is 6.10. The zero-order valence-corrected chi connectivity index (χ0v) is 11.8. The molecule has 0 aliphatic rings. The predicted octanol–water partition coefficient (Wildman–Crippen LogP) is 3.05. The topological polar surface area (TPSA) is 70.2 Å². The van der Waals surface area contributed by atoms with Gasteiger partial charge in [0, 0.05) is 11.1 Å². The number of H-pyrrole nitrogens is 1. The average molecular weight is 281 g/mol. The minimum absolute atomic E-state index is 0.0114. The molecule has 2 N–H and O–H groups in total. The lowest BCUT2D eigenvalue weighted by molar-refractivity contribution is 0.0692. The molecule has 106 valence electrons. The molecule has 0 amide bonds. The summed E-state index contributed by atoms with van der Waals surface area (Å²) >= 11 is 0. The maximum atomic E-state index is 11.4. The lowest BCUT2D eigenvalue weighted by atomic mass is 9.97. The first kappa shape index (κ1) is 14.6. The number of hydrogen-bond donors (Lipinski definition) is 2. The number of hydrogen-bond acceptors (Lipinski definition) is 2. The summed E-state index contributed by atoms with van der Waals surface area (Å²) in [5.74, 6) is 4.73. The van der Waals surface area contributed by atoms with Gasteiger partial charge < -0.3 is 10.1 Å². The van der Waals surface area contributed by atoms with Crippen LogP contribution in [0.1, 0.15) is 57.4 Å². The molecule has 0 saturated heterocycles. The van der Waals surface area contributed by atoms with Crippen LogP contribution in [0, 0.1) is 11.8 Å². The summed E-state index contributed by atoms with van der Waals surface area (Å²) in [6.07, 6.45) is 0.517. The number of carboxylic acid groups (broad SMARTS) is 1. The first-order valence-electron chi connectivity index (χ1n) is 6.56. The molecule has 1 aromatic carbocycles. The summed E-state index contributed by atoms with van der Waals surface area (Å²) in [6.45, 7) is 3.75. The Morgan fingerprint density at radius 1 is 1.24 bits per heavy atom. The van der Waals surface area contributed by atoms with E-state index in [-0.39, 0.29) is 17.2 Å². The van der Waals surface area contributed by atoms with Gasteiger partial charge in [0.05, 0.1) is 17.0 Å². The Morgan fingerprint density at radius 2 is 1.90 bits per heavy atom. The van der Waals surface area contributed by atoms with Crippen molar-refractivity contribution >= 4 is 12.3 Å². The van der Waals surface area contributed by atoms with Gasteiger partial charge >= 0.3 is 5.97 Å². The van der Waals surface area contributed by atoms with Crippen LogP contribution in [0.25, 0.3) is 0 Å². The van der Waals surface area contributed by atoms with Crippen LogP contribution in [-0.4, -0.2) is 22.3 Å². The van der Waals surface area contributed by atoms with Crippen LogP contribution < -0.4 is 0 Å². The Kier molecular flexibility index (Phi) is 4.24. The van der Waals surface area contributed by atoms with Gasteiger partial charge in [0.2, 0.25) is 0 Å². The fraction of sp³-hybridized carbons (Fsp3) is 0.176. The summed E-state index contributed by atoms with van der Waals surface area (Å²) in [6, 6.07) is 9.38. The molecule has 0 atom stereocenters. The Bertz CT molecular complexity index is 731. The maximum absolute atomic E-state index is 11.4. The summed E-state index contributed by atoms with van der Waals surface area (Å²) in [7, 11) is 0. The van der Waals surface area contributed by atoms with Crippen LogP contribution in [0.4, 0.5) is 0 Å². The third kappa shape index (κ3) is 3.03. The molecule has 0 aliphatic heterocycles. The first-order valence-corrected chi connectivity index (χ1v) is 6.56. The highest BCUT2D eigenvalue weighted by molar-refractivity contribution is 5.98. The molecule has 0 spiro atoms.